The number of hydrogen-bond acceptors (Lipinski definition) is 5. The molecule has 0 unspecified atom stereocenters. The molecular weight excluding hydrogens is 294 g/mol. The molecule has 1 aliphatic heterocycles. The lowest BCUT2D eigenvalue weighted by Crippen LogP contribution is -2.50. The van der Waals surface area contributed by atoms with Gasteiger partial charge < -0.3 is 15.1 Å². The lowest BCUT2D eigenvalue weighted by molar-refractivity contribution is -0.136. The summed E-state index contributed by atoms with van der Waals surface area (Å²) in [6.45, 7) is 7.39. The summed E-state index contributed by atoms with van der Waals surface area (Å²) in [4.78, 5) is 36.2. The van der Waals surface area contributed by atoms with E-state index in [2.05, 4.69) is 29.1 Å². The minimum Gasteiger partial charge on any atom is -0.356 e. The summed E-state index contributed by atoms with van der Waals surface area (Å²) >= 11 is 0. The van der Waals surface area contributed by atoms with E-state index in [4.69, 9.17) is 0 Å². The van der Waals surface area contributed by atoms with Gasteiger partial charge in [0.1, 0.15) is 6.42 Å². The van der Waals surface area contributed by atoms with Crippen molar-refractivity contribution in [3.63, 3.8) is 0 Å². The maximum atomic E-state index is 12.2. The zero-order valence-electron chi connectivity index (χ0n) is 13.9. The predicted molar refractivity (Wildman–Crippen MR) is 87.9 cm³/mol. The molecule has 0 spiro atoms. The molecule has 0 atom stereocenters. The van der Waals surface area contributed by atoms with E-state index in [-0.39, 0.29) is 18.2 Å². The molecule has 1 aliphatic rings. The molecule has 2 rings (SSSR count). The molecule has 0 saturated carbocycles. The molecule has 0 aliphatic carbocycles. The lowest BCUT2D eigenvalue weighted by Gasteiger charge is -2.34. The highest BCUT2D eigenvalue weighted by Crippen LogP contribution is 2.10. The van der Waals surface area contributed by atoms with Gasteiger partial charge >= 0.3 is 0 Å². The average Bonchev–Trinajstić information content (AvgIpc) is 2.55. The zero-order valence-corrected chi connectivity index (χ0v) is 13.9. The Bertz CT molecular complexity index is 512. The van der Waals surface area contributed by atoms with Crippen LogP contribution in [0.15, 0.2) is 18.5 Å². The summed E-state index contributed by atoms with van der Waals surface area (Å²) < 4.78 is 0. The van der Waals surface area contributed by atoms with Crippen molar-refractivity contribution in [2.45, 2.75) is 26.7 Å². The highest BCUT2D eigenvalue weighted by Gasteiger charge is 2.23. The Balaban J connectivity index is 1.72. The first-order valence-corrected chi connectivity index (χ1v) is 8.12. The fourth-order valence-corrected chi connectivity index (χ4v) is 2.42. The lowest BCUT2D eigenvalue weighted by atomic mass is 10.1. The fourth-order valence-electron chi connectivity index (χ4n) is 2.42. The van der Waals surface area contributed by atoms with Crippen molar-refractivity contribution in [2.75, 3.05) is 37.6 Å². The second-order valence-electron chi connectivity index (χ2n) is 6.13. The molecule has 1 aromatic rings. The standard InChI is InChI=1S/C16H25N5O2/c1-13(2)4-7-17-14(22)12-15(23)20-8-10-21(11-9-20)16-18-5-3-6-19-16/h3,5-6,13H,4,7-12H2,1-2H3,(H,17,22). The van der Waals surface area contributed by atoms with Gasteiger partial charge in [0.25, 0.3) is 0 Å². The topological polar surface area (TPSA) is 78.4 Å². The van der Waals surface area contributed by atoms with Gasteiger partial charge in [0.15, 0.2) is 0 Å². The van der Waals surface area contributed by atoms with Gasteiger partial charge in [-0.1, -0.05) is 13.8 Å². The fraction of sp³-hybridized carbons (Fsp3) is 0.625. The molecule has 0 radical (unpaired) electrons. The molecule has 7 nitrogen and oxygen atoms in total. The zero-order chi connectivity index (χ0) is 16.7. The van der Waals surface area contributed by atoms with Crippen molar-refractivity contribution < 1.29 is 9.59 Å². The van der Waals surface area contributed by atoms with E-state index in [1.54, 1.807) is 23.4 Å². The van der Waals surface area contributed by atoms with Gasteiger partial charge in [-0.3, -0.25) is 9.59 Å². The normalized spacial score (nSPS) is 14.9. The maximum absolute atomic E-state index is 12.2. The van der Waals surface area contributed by atoms with Gasteiger partial charge in [-0.15, -0.1) is 0 Å². The second kappa shape index (κ2) is 8.45. The van der Waals surface area contributed by atoms with E-state index in [0.717, 1.165) is 6.42 Å². The second-order valence-corrected chi connectivity index (χ2v) is 6.13. The van der Waals surface area contributed by atoms with Gasteiger partial charge in [0.2, 0.25) is 17.8 Å². The predicted octanol–water partition coefficient (Wildman–Crippen LogP) is 0.678. The van der Waals surface area contributed by atoms with E-state index < -0.39 is 0 Å². The first kappa shape index (κ1) is 17.2. The quantitative estimate of drug-likeness (QED) is 0.780. The van der Waals surface area contributed by atoms with Crippen LogP contribution in [0.25, 0.3) is 0 Å². The summed E-state index contributed by atoms with van der Waals surface area (Å²) in [6, 6.07) is 1.78. The van der Waals surface area contributed by atoms with Crippen LogP contribution in [-0.2, 0) is 9.59 Å². The van der Waals surface area contributed by atoms with Crippen LogP contribution in [0.1, 0.15) is 26.7 Å². The van der Waals surface area contributed by atoms with Crippen molar-refractivity contribution in [2.24, 2.45) is 5.92 Å². The smallest absolute Gasteiger partial charge is 0.232 e. The van der Waals surface area contributed by atoms with Crippen LogP contribution in [0.5, 0.6) is 0 Å². The van der Waals surface area contributed by atoms with Gasteiger partial charge in [0.05, 0.1) is 0 Å². The maximum Gasteiger partial charge on any atom is 0.232 e. The summed E-state index contributed by atoms with van der Waals surface area (Å²) in [5, 5.41) is 2.80. The molecule has 1 N–H and O–H groups in total. The van der Waals surface area contributed by atoms with E-state index in [1.165, 1.54) is 0 Å². The molecular formula is C16H25N5O2. The van der Waals surface area contributed by atoms with E-state index in [9.17, 15) is 9.59 Å². The van der Waals surface area contributed by atoms with Crippen LogP contribution in [0.3, 0.4) is 0 Å². The molecule has 126 valence electrons. The monoisotopic (exact) mass is 319 g/mol. The van der Waals surface area contributed by atoms with Crippen molar-refractivity contribution in [3.8, 4) is 0 Å². The van der Waals surface area contributed by atoms with E-state index in [1.807, 2.05) is 4.90 Å². The molecule has 2 amide bonds. The average molecular weight is 319 g/mol. The third-order valence-electron chi connectivity index (χ3n) is 3.82. The Labute approximate surface area is 137 Å². The van der Waals surface area contributed by atoms with Crippen LogP contribution in [0, 0.1) is 5.92 Å². The van der Waals surface area contributed by atoms with Crippen molar-refractivity contribution in [1.82, 2.24) is 20.2 Å². The first-order chi connectivity index (χ1) is 11.1. The van der Waals surface area contributed by atoms with Gasteiger partial charge in [-0.25, -0.2) is 9.97 Å². The van der Waals surface area contributed by atoms with Crippen LogP contribution in [0.2, 0.25) is 0 Å². The Kier molecular flexibility index (Phi) is 6.31. The molecule has 0 bridgehead atoms. The molecule has 1 saturated heterocycles. The molecule has 23 heavy (non-hydrogen) atoms. The summed E-state index contributed by atoms with van der Waals surface area (Å²) in [5.41, 5.74) is 0. The van der Waals surface area contributed by atoms with Gasteiger partial charge in [0, 0.05) is 45.1 Å². The van der Waals surface area contributed by atoms with Crippen LogP contribution < -0.4 is 10.2 Å². The van der Waals surface area contributed by atoms with Crippen LogP contribution in [0.4, 0.5) is 5.95 Å². The Hall–Kier alpha value is -2.18. The number of carbonyl (C=O) groups excluding carboxylic acids is 2. The van der Waals surface area contributed by atoms with Crippen molar-refractivity contribution >= 4 is 17.8 Å². The number of nitrogens with zero attached hydrogens (tertiary/aromatic N) is 4. The molecule has 1 aromatic heterocycles. The number of piperazine rings is 1. The van der Waals surface area contributed by atoms with Crippen LogP contribution in [-0.4, -0.2) is 59.4 Å². The minimum absolute atomic E-state index is 0.0695. The number of aromatic nitrogens is 2. The number of rotatable bonds is 6. The summed E-state index contributed by atoms with van der Waals surface area (Å²) in [7, 11) is 0. The number of anilines is 1. The SMILES string of the molecule is CC(C)CCNC(=O)CC(=O)N1CCN(c2ncccn2)CC1. The third kappa shape index (κ3) is 5.50. The van der Waals surface area contributed by atoms with Gasteiger partial charge in [-0.05, 0) is 18.4 Å². The van der Waals surface area contributed by atoms with Crippen LogP contribution >= 0.6 is 0 Å². The molecule has 7 heteroatoms. The Morgan fingerprint density at radius 3 is 2.43 bits per heavy atom. The van der Waals surface area contributed by atoms with E-state index in [0.29, 0.717) is 44.6 Å². The van der Waals surface area contributed by atoms with E-state index >= 15 is 0 Å². The highest BCUT2D eigenvalue weighted by molar-refractivity contribution is 5.96. The third-order valence-corrected chi connectivity index (χ3v) is 3.82. The molecule has 1 fully saturated rings. The number of carbonyl (C=O) groups is 2. The summed E-state index contributed by atoms with van der Waals surface area (Å²) in [6.07, 6.45) is 4.28. The minimum atomic E-state index is -0.190. The molecule has 0 aromatic carbocycles. The van der Waals surface area contributed by atoms with Crippen molar-refractivity contribution in [1.29, 1.82) is 0 Å². The van der Waals surface area contributed by atoms with Crippen molar-refractivity contribution in [3.05, 3.63) is 18.5 Å². The largest absolute Gasteiger partial charge is 0.356 e. The Morgan fingerprint density at radius 2 is 1.83 bits per heavy atom. The first-order valence-electron chi connectivity index (χ1n) is 8.12. The number of hydrogen-bond donors (Lipinski definition) is 1. The van der Waals surface area contributed by atoms with Gasteiger partial charge in [-0.2, -0.15) is 0 Å². The number of nitrogens with one attached hydrogen (secondary N) is 1. The Morgan fingerprint density at radius 1 is 1.17 bits per heavy atom. The highest BCUT2D eigenvalue weighted by atomic mass is 16.2. The number of amides is 2. The summed E-state index contributed by atoms with van der Waals surface area (Å²) in [5.74, 6) is 0.926. The molecule has 2 heterocycles.